The zero-order valence-electron chi connectivity index (χ0n) is 30.2. The number of rotatable bonds is 6. The van der Waals surface area contributed by atoms with E-state index in [1.54, 1.807) is 0 Å². The molecule has 11 aromatic rings. The maximum Gasteiger partial charge on any atom is 0.160 e. The molecule has 0 fully saturated rings. The summed E-state index contributed by atoms with van der Waals surface area (Å²) in [4.78, 5) is 10.7. The molecule has 0 saturated heterocycles. The molecule has 11 rings (SSSR count). The first kappa shape index (κ1) is 32.7. The maximum atomic E-state index is 5.36. The van der Waals surface area contributed by atoms with Gasteiger partial charge in [-0.2, -0.15) is 0 Å². The lowest BCUT2D eigenvalue weighted by Crippen LogP contribution is -1.97. The van der Waals surface area contributed by atoms with Gasteiger partial charge in [0.15, 0.2) is 5.82 Å². The van der Waals surface area contributed by atoms with Crippen LogP contribution in [0.1, 0.15) is 0 Å². The topological polar surface area (TPSA) is 25.8 Å². The van der Waals surface area contributed by atoms with Crippen LogP contribution in [0, 0.1) is 0 Å². The first-order chi connectivity index (χ1) is 27.7. The van der Waals surface area contributed by atoms with E-state index >= 15 is 0 Å². The highest BCUT2D eigenvalue weighted by Gasteiger charge is 2.18. The third-order valence-corrected chi connectivity index (χ3v) is 13.1. The van der Waals surface area contributed by atoms with E-state index < -0.39 is 0 Å². The Kier molecular flexibility index (Phi) is 7.90. The van der Waals surface area contributed by atoms with Crippen molar-refractivity contribution in [2.75, 3.05) is 0 Å². The number of thiophene rings is 2. The van der Waals surface area contributed by atoms with E-state index in [4.69, 9.17) is 9.97 Å². The zero-order valence-corrected chi connectivity index (χ0v) is 31.8. The summed E-state index contributed by atoms with van der Waals surface area (Å²) in [5.74, 6) is 0.698. The van der Waals surface area contributed by atoms with Gasteiger partial charge in [0.1, 0.15) is 0 Å². The fourth-order valence-electron chi connectivity index (χ4n) is 7.96. The standard InChI is InChI=1S/C52H32N2S2/c1-3-13-33(14-4-1)34-25-27-36(28-26-34)47-32-46(35-15-5-2-6-16-35)53-52(54-47)39-30-37(40-19-11-21-44-42-17-7-9-23-48(42)55-50(40)44)29-38(31-39)41-20-12-22-45-43-18-8-10-24-49(43)56-51(41)45/h1-32H. The van der Waals surface area contributed by atoms with Gasteiger partial charge in [0, 0.05) is 57.0 Å². The Morgan fingerprint density at radius 3 is 1.25 bits per heavy atom. The van der Waals surface area contributed by atoms with Crippen LogP contribution in [-0.2, 0) is 0 Å². The van der Waals surface area contributed by atoms with Crippen molar-refractivity contribution in [3.05, 3.63) is 194 Å². The van der Waals surface area contributed by atoms with Crippen molar-refractivity contribution in [3.63, 3.8) is 0 Å². The molecule has 0 aliphatic rings. The molecule has 56 heavy (non-hydrogen) atoms. The monoisotopic (exact) mass is 748 g/mol. The van der Waals surface area contributed by atoms with Crippen molar-refractivity contribution in [1.82, 2.24) is 9.97 Å². The van der Waals surface area contributed by atoms with E-state index in [1.807, 2.05) is 28.7 Å². The van der Waals surface area contributed by atoms with Crippen molar-refractivity contribution in [3.8, 4) is 67.3 Å². The summed E-state index contributed by atoms with van der Waals surface area (Å²) in [6, 6.07) is 69.6. The van der Waals surface area contributed by atoms with Crippen LogP contribution in [0.2, 0.25) is 0 Å². The second kappa shape index (κ2) is 13.5. The highest BCUT2D eigenvalue weighted by Crippen LogP contribution is 2.45. The third-order valence-electron chi connectivity index (χ3n) is 10.7. The summed E-state index contributed by atoms with van der Waals surface area (Å²) in [6.45, 7) is 0. The van der Waals surface area contributed by atoms with Crippen LogP contribution in [0.3, 0.4) is 0 Å². The van der Waals surface area contributed by atoms with Crippen LogP contribution in [0.4, 0.5) is 0 Å². The van der Waals surface area contributed by atoms with Crippen LogP contribution < -0.4 is 0 Å². The van der Waals surface area contributed by atoms with Gasteiger partial charge in [-0.15, -0.1) is 22.7 Å². The molecule has 0 spiro atoms. The molecule has 0 bridgehead atoms. The molecular weight excluding hydrogens is 717 g/mol. The van der Waals surface area contributed by atoms with Crippen LogP contribution in [0.5, 0.6) is 0 Å². The van der Waals surface area contributed by atoms with Gasteiger partial charge in [0.25, 0.3) is 0 Å². The summed E-state index contributed by atoms with van der Waals surface area (Å²) in [6.07, 6.45) is 0. The Morgan fingerprint density at radius 2 is 0.696 bits per heavy atom. The minimum atomic E-state index is 0.698. The quantitative estimate of drug-likeness (QED) is 0.169. The lowest BCUT2D eigenvalue weighted by molar-refractivity contribution is 1.18. The molecule has 0 radical (unpaired) electrons. The van der Waals surface area contributed by atoms with Gasteiger partial charge < -0.3 is 0 Å². The molecule has 2 nitrogen and oxygen atoms in total. The average molecular weight is 749 g/mol. The third kappa shape index (κ3) is 5.70. The number of hydrogen-bond donors (Lipinski definition) is 0. The van der Waals surface area contributed by atoms with E-state index in [0.29, 0.717) is 5.82 Å². The molecule has 0 amide bonds. The van der Waals surface area contributed by atoms with Gasteiger partial charge in [0.2, 0.25) is 0 Å². The molecule has 3 aromatic heterocycles. The smallest absolute Gasteiger partial charge is 0.160 e. The highest BCUT2D eigenvalue weighted by atomic mass is 32.1. The zero-order chi connectivity index (χ0) is 37.0. The van der Waals surface area contributed by atoms with Crippen LogP contribution in [0.25, 0.3) is 108 Å². The van der Waals surface area contributed by atoms with Gasteiger partial charge in [0.05, 0.1) is 11.4 Å². The van der Waals surface area contributed by atoms with Gasteiger partial charge in [-0.1, -0.05) is 158 Å². The Morgan fingerprint density at radius 1 is 0.286 bits per heavy atom. The Labute approximate surface area is 332 Å². The summed E-state index contributed by atoms with van der Waals surface area (Å²) in [5.41, 5.74) is 12.0. The molecule has 3 heterocycles. The van der Waals surface area contributed by atoms with Crippen molar-refractivity contribution >= 4 is 63.0 Å². The van der Waals surface area contributed by atoms with Crippen molar-refractivity contribution in [1.29, 1.82) is 0 Å². The molecule has 8 aromatic carbocycles. The molecule has 0 atom stereocenters. The van der Waals surface area contributed by atoms with Crippen molar-refractivity contribution in [2.45, 2.75) is 0 Å². The molecule has 262 valence electrons. The predicted octanol–water partition coefficient (Wildman–Crippen LogP) is 15.2. The van der Waals surface area contributed by atoms with E-state index in [9.17, 15) is 0 Å². The van der Waals surface area contributed by atoms with Gasteiger partial charge >= 0.3 is 0 Å². The number of aromatic nitrogens is 2. The highest BCUT2D eigenvalue weighted by molar-refractivity contribution is 7.26. The number of fused-ring (bicyclic) bond motifs is 6. The largest absolute Gasteiger partial charge is 0.228 e. The lowest BCUT2D eigenvalue weighted by atomic mass is 9.94. The SMILES string of the molecule is c1ccc(-c2ccc(-c3cc(-c4ccccc4)nc(-c4cc(-c5cccc6c5sc5ccccc56)cc(-c5cccc6c5sc5ccccc56)c4)n3)cc2)cc1. The van der Waals surface area contributed by atoms with Gasteiger partial charge in [-0.25, -0.2) is 9.97 Å². The fourth-order valence-corrected chi connectivity index (χ4v) is 10.4. The van der Waals surface area contributed by atoms with E-state index in [0.717, 1.165) is 39.2 Å². The maximum absolute atomic E-state index is 5.36. The molecule has 0 N–H and O–H groups in total. The second-order valence-corrected chi connectivity index (χ2v) is 16.2. The normalized spacial score (nSPS) is 11.6. The van der Waals surface area contributed by atoms with E-state index in [1.165, 1.54) is 62.6 Å². The molecule has 4 heteroatoms. The van der Waals surface area contributed by atoms with E-state index in [2.05, 4.69) is 188 Å². The number of hydrogen-bond acceptors (Lipinski definition) is 4. The minimum absolute atomic E-state index is 0.698. The Bertz CT molecular complexity index is 3100. The molecule has 0 unspecified atom stereocenters. The van der Waals surface area contributed by atoms with E-state index in [-0.39, 0.29) is 0 Å². The van der Waals surface area contributed by atoms with Crippen molar-refractivity contribution < 1.29 is 0 Å². The molecule has 0 saturated carbocycles. The summed E-state index contributed by atoms with van der Waals surface area (Å²) in [5, 5.41) is 5.15. The predicted molar refractivity (Wildman–Crippen MR) is 240 cm³/mol. The number of benzene rings is 8. The lowest BCUT2D eigenvalue weighted by Gasteiger charge is -2.14. The first-order valence-corrected chi connectivity index (χ1v) is 20.4. The summed E-state index contributed by atoms with van der Waals surface area (Å²) < 4.78 is 5.16. The average Bonchev–Trinajstić information content (AvgIpc) is 3.86. The van der Waals surface area contributed by atoms with Crippen molar-refractivity contribution in [2.24, 2.45) is 0 Å². The Hall–Kier alpha value is -6.72. The Balaban J connectivity index is 1.15. The molecule has 0 aliphatic heterocycles. The number of nitrogens with zero attached hydrogens (tertiary/aromatic N) is 2. The molecular formula is C52H32N2S2. The minimum Gasteiger partial charge on any atom is -0.228 e. The molecule has 0 aliphatic carbocycles. The first-order valence-electron chi connectivity index (χ1n) is 18.8. The fraction of sp³-hybridized carbons (Fsp3) is 0. The second-order valence-electron chi connectivity index (χ2n) is 14.1. The van der Waals surface area contributed by atoms with Crippen LogP contribution in [0.15, 0.2) is 194 Å². The van der Waals surface area contributed by atoms with Gasteiger partial charge in [-0.05, 0) is 69.8 Å². The van der Waals surface area contributed by atoms with Crippen LogP contribution in [-0.4, -0.2) is 9.97 Å². The van der Waals surface area contributed by atoms with Gasteiger partial charge in [-0.3, -0.25) is 0 Å². The summed E-state index contributed by atoms with van der Waals surface area (Å²) in [7, 11) is 0. The van der Waals surface area contributed by atoms with Crippen LogP contribution >= 0.6 is 22.7 Å². The summed E-state index contributed by atoms with van der Waals surface area (Å²) >= 11 is 3.72.